The minimum atomic E-state index is -8.91. The van der Waals surface area contributed by atoms with E-state index >= 15 is 0 Å². The van der Waals surface area contributed by atoms with Crippen LogP contribution in [0.15, 0.2) is 0 Å². The number of hydrogen-bond acceptors (Lipinski definition) is 1. The Balaban J connectivity index is 3.90. The molecule has 1 unspecified atom stereocenters. The molecule has 0 N–H and O–H groups in total. The number of halogens is 20. The van der Waals surface area contributed by atoms with Crippen molar-refractivity contribution in [2.75, 3.05) is 0 Å². The largest absolute Gasteiger partial charge is 0.460 e. The summed E-state index contributed by atoms with van der Waals surface area (Å²) in [6.45, 7) is 0. The van der Waals surface area contributed by atoms with Crippen LogP contribution in [0.2, 0.25) is 0 Å². The van der Waals surface area contributed by atoms with E-state index in [1.165, 1.54) is 4.74 Å². The van der Waals surface area contributed by atoms with Gasteiger partial charge >= 0.3 is 59.6 Å². The summed E-state index contributed by atoms with van der Waals surface area (Å²) in [5.74, 6) is -67.5. The van der Waals surface area contributed by atoms with Crippen LogP contribution in [-0.4, -0.2) is 59.6 Å². The van der Waals surface area contributed by atoms with E-state index in [1.54, 1.807) is 0 Å². The molecule has 31 heavy (non-hydrogen) atoms. The summed E-state index contributed by atoms with van der Waals surface area (Å²) in [4.78, 5) is 0. The Kier molecular flexibility index (Phi) is 5.44. The zero-order valence-electron chi connectivity index (χ0n) is 13.0. The molecule has 186 valence electrons. The van der Waals surface area contributed by atoms with Gasteiger partial charge in [0, 0.05) is 0 Å². The normalized spacial score (nSPS) is 29.0. The lowest BCUT2D eigenvalue weighted by molar-refractivity contribution is -0.573. The van der Waals surface area contributed by atoms with Crippen molar-refractivity contribution in [2.45, 2.75) is 59.6 Å². The SMILES string of the molecule is FC(F)(F)C(F)(F)C(F)(F)C(F)(F)C(F)(F)C1(F)OC(F)(F)C(F)(F)C(F)(F)C1(F)F. The van der Waals surface area contributed by atoms with Crippen LogP contribution >= 0.6 is 0 Å². The Labute approximate surface area is 153 Å². The topological polar surface area (TPSA) is 9.23 Å². The molecule has 0 bridgehead atoms. The molecule has 0 saturated carbocycles. The van der Waals surface area contributed by atoms with E-state index in [9.17, 15) is 87.8 Å². The van der Waals surface area contributed by atoms with E-state index in [4.69, 9.17) is 0 Å². The summed E-state index contributed by atoms with van der Waals surface area (Å²) >= 11 is 0. The van der Waals surface area contributed by atoms with Crippen LogP contribution in [0.1, 0.15) is 0 Å². The van der Waals surface area contributed by atoms with Gasteiger partial charge in [-0.3, -0.25) is 4.74 Å². The molecule has 0 amide bonds. The summed E-state index contributed by atoms with van der Waals surface area (Å²) in [7, 11) is 0. The predicted molar refractivity (Wildman–Crippen MR) is 50.6 cm³/mol. The van der Waals surface area contributed by atoms with E-state index in [0.29, 0.717) is 0 Å². The number of ether oxygens (including phenoxy) is 1. The molecule has 1 saturated heterocycles. The van der Waals surface area contributed by atoms with Gasteiger partial charge in [-0.2, -0.15) is 87.8 Å². The fraction of sp³-hybridized carbons (Fsp3) is 1.00. The van der Waals surface area contributed by atoms with E-state index in [2.05, 4.69) is 0 Å². The number of hydrogen-bond donors (Lipinski definition) is 0. The van der Waals surface area contributed by atoms with Crippen LogP contribution in [0.25, 0.3) is 0 Å². The lowest BCUT2D eigenvalue weighted by Crippen LogP contribution is -2.83. The molecule has 1 aliphatic rings. The minimum Gasteiger partial charge on any atom is -0.267 e. The van der Waals surface area contributed by atoms with Crippen molar-refractivity contribution in [3.63, 3.8) is 0 Å². The van der Waals surface area contributed by atoms with Gasteiger partial charge in [0.15, 0.2) is 0 Å². The van der Waals surface area contributed by atoms with Gasteiger partial charge < -0.3 is 0 Å². The zero-order chi connectivity index (χ0) is 25.7. The molecular weight excluding hydrogens is 516 g/mol. The van der Waals surface area contributed by atoms with Crippen LogP contribution < -0.4 is 0 Å². The highest BCUT2D eigenvalue weighted by atomic mass is 19.4. The average Bonchev–Trinajstić information content (AvgIpc) is 2.50. The van der Waals surface area contributed by atoms with Gasteiger partial charge in [0.05, 0.1) is 0 Å². The van der Waals surface area contributed by atoms with Crippen molar-refractivity contribution in [3.05, 3.63) is 0 Å². The molecule has 1 rings (SSSR count). The maximum atomic E-state index is 13.8. The first-order valence-corrected chi connectivity index (χ1v) is 6.44. The van der Waals surface area contributed by atoms with Crippen molar-refractivity contribution in [2.24, 2.45) is 0 Å². The lowest BCUT2D eigenvalue weighted by atomic mass is 9.84. The molecule has 0 aromatic carbocycles. The number of rotatable bonds is 4. The standard InChI is InChI=1S/C10F20O/c11-1(12,2(13,14)6(21,22)9(26,27)28)4(17,18)8(25)5(19,20)3(15,16)7(23,24)10(29,30)31-8. The first-order chi connectivity index (χ1) is 13.0. The fourth-order valence-corrected chi connectivity index (χ4v) is 1.92. The number of alkyl halides is 20. The summed E-state index contributed by atoms with van der Waals surface area (Å²) in [6, 6.07) is 0. The second-order valence-electron chi connectivity index (χ2n) is 5.73. The van der Waals surface area contributed by atoms with Gasteiger partial charge in [0.25, 0.3) is 0 Å². The highest BCUT2D eigenvalue weighted by molar-refractivity contribution is 5.20. The Hall–Kier alpha value is -1.44. The van der Waals surface area contributed by atoms with Crippen molar-refractivity contribution in [1.82, 2.24) is 0 Å². The molecule has 1 aliphatic heterocycles. The Bertz CT molecular complexity index is 716. The Morgan fingerprint density at radius 3 is 1.10 bits per heavy atom. The second kappa shape index (κ2) is 6.12. The van der Waals surface area contributed by atoms with E-state index < -0.39 is 59.6 Å². The quantitative estimate of drug-likeness (QED) is 0.400. The first-order valence-electron chi connectivity index (χ1n) is 6.44. The van der Waals surface area contributed by atoms with Gasteiger partial charge in [-0.25, -0.2) is 0 Å². The van der Waals surface area contributed by atoms with Crippen molar-refractivity contribution < 1.29 is 92.5 Å². The van der Waals surface area contributed by atoms with Crippen molar-refractivity contribution >= 4 is 0 Å². The molecule has 0 aromatic heterocycles. The smallest absolute Gasteiger partial charge is 0.267 e. The third-order valence-corrected chi connectivity index (χ3v) is 3.77. The molecule has 1 nitrogen and oxygen atoms in total. The molecule has 1 atom stereocenters. The van der Waals surface area contributed by atoms with Gasteiger partial charge in [-0.1, -0.05) is 0 Å². The predicted octanol–water partition coefficient (Wildman–Crippen LogP) is 6.28. The van der Waals surface area contributed by atoms with E-state index in [1.807, 2.05) is 0 Å². The third kappa shape index (κ3) is 2.75. The van der Waals surface area contributed by atoms with Crippen LogP contribution in [0.3, 0.4) is 0 Å². The maximum absolute atomic E-state index is 13.8. The Morgan fingerprint density at radius 2 is 0.774 bits per heavy atom. The van der Waals surface area contributed by atoms with Crippen LogP contribution in [0.5, 0.6) is 0 Å². The molecule has 0 spiro atoms. The lowest BCUT2D eigenvalue weighted by Gasteiger charge is -2.51. The zero-order valence-corrected chi connectivity index (χ0v) is 13.0. The van der Waals surface area contributed by atoms with Gasteiger partial charge in [0.2, 0.25) is 0 Å². The van der Waals surface area contributed by atoms with Crippen molar-refractivity contribution in [1.29, 1.82) is 0 Å². The Morgan fingerprint density at radius 1 is 0.419 bits per heavy atom. The van der Waals surface area contributed by atoms with E-state index in [-0.39, 0.29) is 0 Å². The van der Waals surface area contributed by atoms with Gasteiger partial charge in [-0.05, 0) is 0 Å². The first kappa shape index (κ1) is 27.6. The van der Waals surface area contributed by atoms with Gasteiger partial charge in [-0.15, -0.1) is 0 Å². The van der Waals surface area contributed by atoms with Gasteiger partial charge in [0.1, 0.15) is 0 Å². The summed E-state index contributed by atoms with van der Waals surface area (Å²) < 4.78 is 259. The molecule has 0 aliphatic carbocycles. The average molecular weight is 516 g/mol. The van der Waals surface area contributed by atoms with E-state index in [0.717, 1.165) is 0 Å². The highest BCUT2D eigenvalue weighted by Gasteiger charge is 3.01. The minimum absolute atomic E-state index is 1.30. The fourth-order valence-electron chi connectivity index (χ4n) is 1.92. The summed E-state index contributed by atoms with van der Waals surface area (Å²) in [5, 5.41) is 0. The molecule has 1 fully saturated rings. The third-order valence-electron chi connectivity index (χ3n) is 3.77. The van der Waals surface area contributed by atoms with Crippen LogP contribution in [0, 0.1) is 0 Å². The highest BCUT2D eigenvalue weighted by Crippen LogP contribution is 2.69. The summed E-state index contributed by atoms with van der Waals surface area (Å²) in [5.41, 5.74) is 0. The van der Waals surface area contributed by atoms with Crippen molar-refractivity contribution in [3.8, 4) is 0 Å². The maximum Gasteiger partial charge on any atom is 0.460 e. The molecule has 1 heterocycles. The molecule has 21 heteroatoms. The van der Waals surface area contributed by atoms with Crippen LogP contribution in [-0.2, 0) is 4.74 Å². The molecule has 0 radical (unpaired) electrons. The molecule has 0 aromatic rings. The second-order valence-corrected chi connectivity index (χ2v) is 5.73. The monoisotopic (exact) mass is 516 g/mol. The molecular formula is C10F20O. The van der Waals surface area contributed by atoms with Crippen LogP contribution in [0.4, 0.5) is 87.8 Å². The summed E-state index contributed by atoms with van der Waals surface area (Å²) in [6.07, 6.45) is -15.6.